The predicted octanol–water partition coefficient (Wildman–Crippen LogP) is 2.26. The molecule has 2 rings (SSSR count). The van der Waals surface area contributed by atoms with Gasteiger partial charge in [0.15, 0.2) is 5.96 Å². The molecule has 1 aliphatic carbocycles. The number of carbonyl (C=O) groups excluding carboxylic acids is 1. The molecule has 0 aromatic carbocycles. The second-order valence-electron chi connectivity index (χ2n) is 6.86. The van der Waals surface area contributed by atoms with Gasteiger partial charge in [0.1, 0.15) is 6.54 Å². The zero-order valence-electron chi connectivity index (χ0n) is 15.9. The molecule has 6 nitrogen and oxygen atoms in total. The summed E-state index contributed by atoms with van der Waals surface area (Å²) in [4.78, 5) is 23.7. The quantitative estimate of drug-likeness (QED) is 0.599. The van der Waals surface area contributed by atoms with Gasteiger partial charge in [0.2, 0.25) is 5.91 Å². The molecule has 0 saturated heterocycles. The Morgan fingerprint density at radius 3 is 2.60 bits per heavy atom. The molecule has 2 N–H and O–H groups in total. The third kappa shape index (κ3) is 6.65. The molecule has 7 heteroatoms. The molecule has 1 aliphatic rings. The van der Waals surface area contributed by atoms with Crippen LogP contribution in [0, 0.1) is 13.8 Å². The van der Waals surface area contributed by atoms with Crippen LogP contribution in [0.2, 0.25) is 0 Å². The van der Waals surface area contributed by atoms with Gasteiger partial charge < -0.3 is 15.5 Å². The summed E-state index contributed by atoms with van der Waals surface area (Å²) in [5.41, 5.74) is 1.12. The third-order valence-electron chi connectivity index (χ3n) is 4.52. The first-order chi connectivity index (χ1) is 12.0. The molecule has 1 heterocycles. The Bertz CT molecular complexity index is 571. The number of aryl methyl sites for hydroxylation is 2. The van der Waals surface area contributed by atoms with Crippen LogP contribution in [-0.4, -0.2) is 55.0 Å². The van der Waals surface area contributed by atoms with Gasteiger partial charge in [0.05, 0.1) is 10.7 Å². The summed E-state index contributed by atoms with van der Waals surface area (Å²) in [6, 6.07) is 0.457. The number of aromatic nitrogens is 1. The molecule has 0 aliphatic heterocycles. The van der Waals surface area contributed by atoms with Gasteiger partial charge in [-0.2, -0.15) is 0 Å². The number of nitrogens with one attached hydrogen (secondary N) is 2. The van der Waals surface area contributed by atoms with Crippen molar-refractivity contribution in [3.63, 3.8) is 0 Å². The summed E-state index contributed by atoms with van der Waals surface area (Å²) in [5, 5.41) is 8.02. The van der Waals surface area contributed by atoms with Crippen molar-refractivity contribution < 1.29 is 4.79 Å². The van der Waals surface area contributed by atoms with E-state index in [0.29, 0.717) is 6.04 Å². The van der Waals surface area contributed by atoms with Crippen molar-refractivity contribution in [2.45, 2.75) is 58.4 Å². The van der Waals surface area contributed by atoms with Gasteiger partial charge in [-0.3, -0.25) is 4.79 Å². The molecule has 1 aromatic rings. The number of guanidine groups is 1. The number of amides is 1. The van der Waals surface area contributed by atoms with Crippen LogP contribution >= 0.6 is 11.3 Å². The molecule has 0 radical (unpaired) electrons. The van der Waals surface area contributed by atoms with E-state index in [1.165, 1.54) is 37.0 Å². The summed E-state index contributed by atoms with van der Waals surface area (Å²) >= 11 is 1.75. The third-order valence-corrected chi connectivity index (χ3v) is 5.65. The van der Waals surface area contributed by atoms with Gasteiger partial charge in [0.25, 0.3) is 0 Å². The van der Waals surface area contributed by atoms with Crippen molar-refractivity contribution in [3.05, 3.63) is 15.6 Å². The maximum atomic E-state index is 11.8. The normalized spacial score (nSPS) is 15.9. The monoisotopic (exact) mass is 365 g/mol. The van der Waals surface area contributed by atoms with Crippen LogP contribution in [0.4, 0.5) is 0 Å². The van der Waals surface area contributed by atoms with Crippen LogP contribution in [0.15, 0.2) is 4.99 Å². The molecule has 1 amide bonds. The van der Waals surface area contributed by atoms with E-state index in [4.69, 9.17) is 0 Å². The summed E-state index contributed by atoms with van der Waals surface area (Å²) in [6.45, 7) is 5.09. The second-order valence-corrected chi connectivity index (χ2v) is 8.15. The average Bonchev–Trinajstić information content (AvgIpc) is 2.91. The minimum Gasteiger partial charge on any atom is -0.356 e. The molecular weight excluding hydrogens is 334 g/mol. The van der Waals surface area contributed by atoms with Gasteiger partial charge in [-0.15, -0.1) is 11.3 Å². The van der Waals surface area contributed by atoms with Gasteiger partial charge >= 0.3 is 0 Å². The SMILES string of the molecule is Cc1nc(CCNC(=NCC(=O)N(C)C)NC2CCCCC2)sc1C. The van der Waals surface area contributed by atoms with E-state index in [9.17, 15) is 4.79 Å². The van der Waals surface area contributed by atoms with Crippen molar-refractivity contribution in [1.82, 2.24) is 20.5 Å². The Balaban J connectivity index is 1.90. The molecule has 0 bridgehead atoms. The number of nitrogens with zero attached hydrogens (tertiary/aromatic N) is 3. The van der Waals surface area contributed by atoms with E-state index >= 15 is 0 Å². The van der Waals surface area contributed by atoms with E-state index in [0.717, 1.165) is 29.6 Å². The molecule has 1 fully saturated rings. The van der Waals surface area contributed by atoms with Gasteiger partial charge in [0, 0.05) is 38.0 Å². The second kappa shape index (κ2) is 9.75. The Morgan fingerprint density at radius 2 is 2.00 bits per heavy atom. The molecule has 0 atom stereocenters. The summed E-state index contributed by atoms with van der Waals surface area (Å²) in [6.07, 6.45) is 7.06. The van der Waals surface area contributed by atoms with Crippen LogP contribution < -0.4 is 10.6 Å². The highest BCUT2D eigenvalue weighted by molar-refractivity contribution is 7.11. The number of hydrogen-bond donors (Lipinski definition) is 2. The number of hydrogen-bond acceptors (Lipinski definition) is 4. The lowest BCUT2D eigenvalue weighted by atomic mass is 9.96. The van der Waals surface area contributed by atoms with Gasteiger partial charge in [-0.25, -0.2) is 9.98 Å². The van der Waals surface area contributed by atoms with Crippen molar-refractivity contribution in [1.29, 1.82) is 0 Å². The minimum absolute atomic E-state index is 0.0101. The molecular formula is C18H31N5OS. The van der Waals surface area contributed by atoms with Crippen LogP contribution in [-0.2, 0) is 11.2 Å². The van der Waals surface area contributed by atoms with Crippen molar-refractivity contribution in [2.24, 2.45) is 4.99 Å². The fourth-order valence-corrected chi connectivity index (χ4v) is 3.75. The number of carbonyl (C=O) groups is 1. The number of thiazole rings is 1. The van der Waals surface area contributed by atoms with Crippen LogP contribution in [0.3, 0.4) is 0 Å². The number of aliphatic imine (C=N–C) groups is 1. The summed E-state index contributed by atoms with van der Waals surface area (Å²) in [7, 11) is 3.51. The number of likely N-dealkylation sites (N-methyl/N-ethyl adjacent to an activating group) is 1. The zero-order valence-corrected chi connectivity index (χ0v) is 16.7. The number of rotatable bonds is 6. The van der Waals surface area contributed by atoms with Gasteiger partial charge in [-0.1, -0.05) is 19.3 Å². The fraction of sp³-hybridized carbons (Fsp3) is 0.722. The lowest BCUT2D eigenvalue weighted by Crippen LogP contribution is -2.45. The van der Waals surface area contributed by atoms with E-state index in [2.05, 4.69) is 27.5 Å². The summed E-state index contributed by atoms with van der Waals surface area (Å²) in [5.74, 6) is 0.753. The largest absolute Gasteiger partial charge is 0.356 e. The first-order valence-electron chi connectivity index (χ1n) is 9.13. The van der Waals surface area contributed by atoms with E-state index in [1.54, 1.807) is 30.3 Å². The molecule has 1 aromatic heterocycles. The minimum atomic E-state index is 0.0101. The predicted molar refractivity (Wildman–Crippen MR) is 104 cm³/mol. The zero-order chi connectivity index (χ0) is 18.2. The Morgan fingerprint density at radius 1 is 1.28 bits per heavy atom. The van der Waals surface area contributed by atoms with Crippen LogP contribution in [0.1, 0.15) is 47.7 Å². The van der Waals surface area contributed by atoms with E-state index < -0.39 is 0 Å². The molecule has 0 unspecified atom stereocenters. The molecule has 0 spiro atoms. The molecule has 25 heavy (non-hydrogen) atoms. The van der Waals surface area contributed by atoms with E-state index in [1.807, 2.05) is 6.92 Å². The van der Waals surface area contributed by atoms with E-state index in [-0.39, 0.29) is 12.5 Å². The smallest absolute Gasteiger partial charge is 0.243 e. The van der Waals surface area contributed by atoms with Gasteiger partial charge in [-0.05, 0) is 26.7 Å². The van der Waals surface area contributed by atoms with Crippen molar-refractivity contribution in [2.75, 3.05) is 27.2 Å². The Kier molecular flexibility index (Phi) is 7.68. The fourth-order valence-electron chi connectivity index (χ4n) is 2.81. The van der Waals surface area contributed by atoms with Crippen molar-refractivity contribution in [3.8, 4) is 0 Å². The first-order valence-corrected chi connectivity index (χ1v) is 9.95. The Labute approximate surface area is 155 Å². The maximum Gasteiger partial charge on any atom is 0.243 e. The highest BCUT2D eigenvalue weighted by Crippen LogP contribution is 2.18. The first kappa shape index (κ1) is 19.7. The van der Waals surface area contributed by atoms with Crippen LogP contribution in [0.25, 0.3) is 0 Å². The summed E-state index contributed by atoms with van der Waals surface area (Å²) < 4.78 is 0. The standard InChI is InChI=1S/C18H31N5OS/c1-13-14(2)25-16(21-13)10-11-19-18(20-12-17(24)23(3)4)22-15-8-6-5-7-9-15/h15H,5-12H2,1-4H3,(H2,19,20,22). The van der Waals surface area contributed by atoms with Crippen molar-refractivity contribution >= 4 is 23.2 Å². The molecule has 1 saturated carbocycles. The highest BCUT2D eigenvalue weighted by atomic mass is 32.1. The topological polar surface area (TPSA) is 69.6 Å². The lowest BCUT2D eigenvalue weighted by Gasteiger charge is -2.25. The average molecular weight is 366 g/mol. The lowest BCUT2D eigenvalue weighted by molar-refractivity contribution is -0.127. The van der Waals surface area contributed by atoms with Crippen LogP contribution in [0.5, 0.6) is 0 Å². The molecule has 140 valence electrons. The maximum absolute atomic E-state index is 11.8. The highest BCUT2D eigenvalue weighted by Gasteiger charge is 2.15. The Hall–Kier alpha value is -1.63.